The van der Waals surface area contributed by atoms with E-state index in [0.29, 0.717) is 44.8 Å². The number of carbonyl (C=O) groups excluding carboxylic acids is 1. The summed E-state index contributed by atoms with van der Waals surface area (Å²) >= 11 is 4.01. The molecule has 0 unspecified atom stereocenters. The summed E-state index contributed by atoms with van der Waals surface area (Å²) in [6.07, 6.45) is 1.63. The molecule has 1 rings (SSSR count). The number of carbonyl (C=O) groups is 1. The smallest absolute Gasteiger partial charge is 0.223 e. The van der Waals surface area contributed by atoms with Crippen molar-refractivity contribution in [3.8, 4) is 0 Å². The van der Waals surface area contributed by atoms with Crippen molar-refractivity contribution in [2.75, 3.05) is 32.6 Å². The summed E-state index contributed by atoms with van der Waals surface area (Å²) in [6.45, 7) is 1.54. The largest absolute Gasteiger partial charge is 0.388 e. The molecule has 4 nitrogen and oxygen atoms in total. The summed E-state index contributed by atoms with van der Waals surface area (Å²) in [6, 6.07) is 0. The van der Waals surface area contributed by atoms with Gasteiger partial charge in [0.2, 0.25) is 5.91 Å². The molecule has 1 fully saturated rings. The van der Waals surface area contributed by atoms with E-state index in [4.69, 9.17) is 4.74 Å². The number of likely N-dealkylation sites (N-methyl/N-ethyl adjacent to an activating group) is 1. The van der Waals surface area contributed by atoms with Crippen molar-refractivity contribution in [2.45, 2.75) is 24.9 Å². The van der Waals surface area contributed by atoms with Gasteiger partial charge in [-0.15, -0.1) is 0 Å². The molecule has 0 bridgehead atoms. The van der Waals surface area contributed by atoms with Crippen LogP contribution in [-0.4, -0.2) is 54.1 Å². The number of aliphatic hydroxyl groups is 1. The summed E-state index contributed by atoms with van der Waals surface area (Å²) in [5, 5.41) is 10.2. The maximum Gasteiger partial charge on any atom is 0.223 e. The van der Waals surface area contributed by atoms with Gasteiger partial charge in [-0.2, -0.15) is 12.6 Å². The molecule has 1 saturated heterocycles. The van der Waals surface area contributed by atoms with Gasteiger partial charge in [0.05, 0.1) is 5.60 Å². The molecule has 0 spiro atoms. The van der Waals surface area contributed by atoms with Gasteiger partial charge in [-0.1, -0.05) is 0 Å². The van der Waals surface area contributed by atoms with Crippen LogP contribution >= 0.6 is 12.6 Å². The van der Waals surface area contributed by atoms with Gasteiger partial charge >= 0.3 is 0 Å². The first kappa shape index (κ1) is 12.8. The molecule has 0 radical (unpaired) electrons. The third-order valence-electron chi connectivity index (χ3n) is 2.71. The number of rotatable bonds is 4. The molecule has 1 heterocycles. The van der Waals surface area contributed by atoms with Crippen LogP contribution in [0, 0.1) is 0 Å². The maximum absolute atomic E-state index is 11.5. The third-order valence-corrected chi connectivity index (χ3v) is 2.93. The molecule has 0 aromatic carbocycles. The van der Waals surface area contributed by atoms with E-state index >= 15 is 0 Å². The summed E-state index contributed by atoms with van der Waals surface area (Å²) in [7, 11) is 1.72. The summed E-state index contributed by atoms with van der Waals surface area (Å²) in [5.41, 5.74) is -0.765. The lowest BCUT2D eigenvalue weighted by molar-refractivity contribution is -0.136. The van der Waals surface area contributed by atoms with E-state index in [-0.39, 0.29) is 5.91 Å². The Morgan fingerprint density at radius 3 is 2.67 bits per heavy atom. The van der Waals surface area contributed by atoms with E-state index < -0.39 is 5.60 Å². The van der Waals surface area contributed by atoms with Crippen LogP contribution in [0.3, 0.4) is 0 Å². The fourth-order valence-electron chi connectivity index (χ4n) is 1.73. The zero-order valence-corrected chi connectivity index (χ0v) is 10.0. The first-order valence-electron chi connectivity index (χ1n) is 5.22. The first-order chi connectivity index (χ1) is 7.07. The molecule has 1 aliphatic heterocycles. The van der Waals surface area contributed by atoms with Crippen molar-refractivity contribution in [2.24, 2.45) is 0 Å². The van der Waals surface area contributed by atoms with Crippen LogP contribution in [0.5, 0.6) is 0 Å². The Kier molecular flexibility index (Phi) is 4.89. The fraction of sp³-hybridized carbons (Fsp3) is 0.900. The van der Waals surface area contributed by atoms with Crippen LogP contribution in [0.1, 0.15) is 19.3 Å². The Bertz CT molecular complexity index is 217. The van der Waals surface area contributed by atoms with E-state index in [2.05, 4.69) is 12.6 Å². The number of hydrogen-bond acceptors (Lipinski definition) is 4. The van der Waals surface area contributed by atoms with Gasteiger partial charge in [0.1, 0.15) is 0 Å². The predicted octanol–water partition coefficient (Wildman–Crippen LogP) is 0.306. The zero-order valence-electron chi connectivity index (χ0n) is 9.11. The molecular weight excluding hydrogens is 214 g/mol. The molecule has 0 aliphatic carbocycles. The average molecular weight is 233 g/mol. The molecule has 1 aliphatic rings. The van der Waals surface area contributed by atoms with E-state index in [1.165, 1.54) is 0 Å². The Morgan fingerprint density at radius 1 is 1.53 bits per heavy atom. The Hall–Kier alpha value is -0.260. The van der Waals surface area contributed by atoms with Gasteiger partial charge in [-0.3, -0.25) is 4.79 Å². The van der Waals surface area contributed by atoms with Crippen LogP contribution in [0.2, 0.25) is 0 Å². The number of nitrogens with zero attached hydrogens (tertiary/aromatic N) is 1. The van der Waals surface area contributed by atoms with Crippen molar-refractivity contribution < 1.29 is 14.6 Å². The van der Waals surface area contributed by atoms with Crippen LogP contribution in [0.25, 0.3) is 0 Å². The Balaban J connectivity index is 2.41. The normalized spacial score (nSPS) is 19.9. The molecular formula is C10H19NO3S. The minimum absolute atomic E-state index is 0.0323. The van der Waals surface area contributed by atoms with Crippen molar-refractivity contribution in [1.82, 2.24) is 4.90 Å². The lowest BCUT2D eigenvalue weighted by Crippen LogP contribution is -2.47. The van der Waals surface area contributed by atoms with Gasteiger partial charge in [0.15, 0.2) is 0 Å². The Labute approximate surface area is 96.0 Å². The quantitative estimate of drug-likeness (QED) is 0.687. The fourth-order valence-corrected chi connectivity index (χ4v) is 1.92. The molecule has 5 heteroatoms. The second-order valence-electron chi connectivity index (χ2n) is 4.06. The van der Waals surface area contributed by atoms with Crippen LogP contribution in [-0.2, 0) is 9.53 Å². The number of hydrogen-bond donors (Lipinski definition) is 2. The maximum atomic E-state index is 11.5. The summed E-state index contributed by atoms with van der Waals surface area (Å²) < 4.78 is 5.18. The lowest BCUT2D eigenvalue weighted by Gasteiger charge is -2.35. The van der Waals surface area contributed by atoms with Gasteiger partial charge in [0.25, 0.3) is 0 Å². The van der Waals surface area contributed by atoms with E-state index in [9.17, 15) is 9.90 Å². The van der Waals surface area contributed by atoms with Crippen molar-refractivity contribution in [1.29, 1.82) is 0 Å². The minimum atomic E-state index is -0.765. The molecule has 1 amide bonds. The van der Waals surface area contributed by atoms with Crippen molar-refractivity contribution >= 4 is 18.5 Å². The zero-order chi connectivity index (χ0) is 11.3. The molecule has 15 heavy (non-hydrogen) atoms. The van der Waals surface area contributed by atoms with Crippen molar-refractivity contribution in [3.05, 3.63) is 0 Å². The highest BCUT2D eigenvalue weighted by molar-refractivity contribution is 7.80. The highest BCUT2D eigenvalue weighted by Gasteiger charge is 2.32. The minimum Gasteiger partial charge on any atom is -0.388 e. The molecule has 0 atom stereocenters. The highest BCUT2D eigenvalue weighted by atomic mass is 32.1. The topological polar surface area (TPSA) is 49.8 Å². The third kappa shape index (κ3) is 4.01. The van der Waals surface area contributed by atoms with Gasteiger partial charge in [-0.25, -0.2) is 0 Å². The second-order valence-corrected chi connectivity index (χ2v) is 4.51. The number of ether oxygens (including phenoxy) is 1. The number of thiol groups is 1. The monoisotopic (exact) mass is 233 g/mol. The average Bonchev–Trinajstić information content (AvgIpc) is 2.18. The molecule has 0 aromatic rings. The van der Waals surface area contributed by atoms with Crippen molar-refractivity contribution in [3.63, 3.8) is 0 Å². The van der Waals surface area contributed by atoms with E-state index in [1.54, 1.807) is 11.9 Å². The lowest BCUT2D eigenvalue weighted by atomic mass is 9.94. The van der Waals surface area contributed by atoms with Crippen LogP contribution < -0.4 is 0 Å². The molecule has 1 N–H and O–H groups in total. The van der Waals surface area contributed by atoms with E-state index in [0.717, 1.165) is 0 Å². The summed E-state index contributed by atoms with van der Waals surface area (Å²) in [5.74, 6) is 0.579. The predicted molar refractivity (Wildman–Crippen MR) is 61.1 cm³/mol. The van der Waals surface area contributed by atoms with Gasteiger partial charge < -0.3 is 14.7 Å². The molecule has 0 aromatic heterocycles. The first-order valence-corrected chi connectivity index (χ1v) is 5.86. The summed E-state index contributed by atoms with van der Waals surface area (Å²) in [4.78, 5) is 13.1. The Morgan fingerprint density at radius 2 is 2.13 bits per heavy atom. The molecule has 0 saturated carbocycles. The van der Waals surface area contributed by atoms with Gasteiger partial charge in [-0.05, 0) is 5.75 Å². The second kappa shape index (κ2) is 5.72. The molecule has 88 valence electrons. The van der Waals surface area contributed by atoms with Crippen LogP contribution in [0.4, 0.5) is 0 Å². The SMILES string of the molecule is CN(CC1(O)CCOCC1)C(=O)CCS. The highest BCUT2D eigenvalue weighted by Crippen LogP contribution is 2.21. The van der Waals surface area contributed by atoms with Gasteiger partial charge in [0, 0.05) is 46.1 Å². The van der Waals surface area contributed by atoms with E-state index in [1.807, 2.05) is 0 Å². The number of amides is 1. The van der Waals surface area contributed by atoms with Crippen LogP contribution in [0.15, 0.2) is 0 Å². The standard InChI is InChI=1S/C10H19NO3S/c1-11(9(12)2-7-15)8-10(13)3-5-14-6-4-10/h13,15H,2-8H2,1H3.